The lowest BCUT2D eigenvalue weighted by molar-refractivity contribution is -0.138. The van der Waals surface area contributed by atoms with Crippen molar-refractivity contribution in [1.82, 2.24) is 4.90 Å². The van der Waals surface area contributed by atoms with E-state index in [9.17, 15) is 4.79 Å². The zero-order chi connectivity index (χ0) is 13.4. The van der Waals surface area contributed by atoms with Gasteiger partial charge in [0.05, 0.1) is 0 Å². The van der Waals surface area contributed by atoms with Crippen molar-refractivity contribution < 1.29 is 14.6 Å². The SMILES string of the molecule is CCOCCCN1CCCC(C(C)CC(=O)O)C1. The van der Waals surface area contributed by atoms with Crippen molar-refractivity contribution in [3.05, 3.63) is 0 Å². The third-order valence-electron chi connectivity index (χ3n) is 3.81. The van der Waals surface area contributed by atoms with Gasteiger partial charge in [-0.05, 0) is 44.6 Å². The Morgan fingerprint density at radius 1 is 1.56 bits per heavy atom. The number of piperidine rings is 1. The monoisotopic (exact) mass is 257 g/mol. The van der Waals surface area contributed by atoms with Crippen LogP contribution in [0.5, 0.6) is 0 Å². The molecule has 106 valence electrons. The van der Waals surface area contributed by atoms with Crippen molar-refractivity contribution >= 4 is 5.97 Å². The van der Waals surface area contributed by atoms with Crippen LogP contribution in [0.4, 0.5) is 0 Å². The summed E-state index contributed by atoms with van der Waals surface area (Å²) in [4.78, 5) is 13.2. The molecule has 0 aliphatic carbocycles. The fourth-order valence-corrected chi connectivity index (χ4v) is 2.74. The van der Waals surface area contributed by atoms with E-state index in [2.05, 4.69) is 11.8 Å². The summed E-state index contributed by atoms with van der Waals surface area (Å²) in [5.74, 6) is 0.162. The first-order valence-electron chi connectivity index (χ1n) is 7.15. The van der Waals surface area contributed by atoms with Gasteiger partial charge in [0.25, 0.3) is 0 Å². The van der Waals surface area contributed by atoms with Gasteiger partial charge in [0.1, 0.15) is 0 Å². The third kappa shape index (κ3) is 5.83. The van der Waals surface area contributed by atoms with Crippen molar-refractivity contribution in [3.8, 4) is 0 Å². The number of likely N-dealkylation sites (tertiary alicyclic amines) is 1. The molecule has 1 saturated heterocycles. The summed E-state index contributed by atoms with van der Waals surface area (Å²) >= 11 is 0. The molecule has 2 atom stereocenters. The van der Waals surface area contributed by atoms with Crippen LogP contribution in [-0.4, -0.2) is 48.8 Å². The predicted molar refractivity (Wildman–Crippen MR) is 71.7 cm³/mol. The Morgan fingerprint density at radius 3 is 3.00 bits per heavy atom. The summed E-state index contributed by atoms with van der Waals surface area (Å²) in [5.41, 5.74) is 0. The largest absolute Gasteiger partial charge is 0.481 e. The lowest BCUT2D eigenvalue weighted by Gasteiger charge is -2.35. The van der Waals surface area contributed by atoms with Crippen LogP contribution in [0.3, 0.4) is 0 Å². The quantitative estimate of drug-likeness (QED) is 0.677. The standard InChI is InChI=1S/C14H27NO3/c1-3-18-9-5-8-15-7-4-6-13(11-15)12(2)10-14(16)17/h12-13H,3-11H2,1-2H3,(H,16,17). The molecule has 1 N–H and O–H groups in total. The Bertz CT molecular complexity index is 245. The molecule has 0 bridgehead atoms. The number of carboxylic acid groups (broad SMARTS) is 1. The first-order chi connectivity index (χ1) is 8.63. The van der Waals surface area contributed by atoms with Gasteiger partial charge in [-0.1, -0.05) is 6.92 Å². The average Bonchev–Trinajstić information content (AvgIpc) is 2.34. The smallest absolute Gasteiger partial charge is 0.303 e. The van der Waals surface area contributed by atoms with Gasteiger partial charge in [-0.2, -0.15) is 0 Å². The molecule has 1 aliphatic heterocycles. The van der Waals surface area contributed by atoms with Crippen molar-refractivity contribution in [2.75, 3.05) is 32.8 Å². The molecule has 4 nitrogen and oxygen atoms in total. The number of hydrogen-bond donors (Lipinski definition) is 1. The molecule has 0 aromatic rings. The summed E-state index contributed by atoms with van der Waals surface area (Å²) in [6.07, 6.45) is 3.75. The maximum atomic E-state index is 10.7. The number of rotatable bonds is 8. The molecule has 4 heteroatoms. The molecule has 0 aromatic carbocycles. The van der Waals surface area contributed by atoms with E-state index in [-0.39, 0.29) is 5.92 Å². The second-order valence-electron chi connectivity index (χ2n) is 5.33. The van der Waals surface area contributed by atoms with Crippen LogP contribution in [-0.2, 0) is 9.53 Å². The fourth-order valence-electron chi connectivity index (χ4n) is 2.74. The van der Waals surface area contributed by atoms with E-state index in [1.54, 1.807) is 0 Å². The number of ether oxygens (including phenoxy) is 1. The van der Waals surface area contributed by atoms with Gasteiger partial charge < -0.3 is 14.7 Å². The van der Waals surface area contributed by atoms with Crippen molar-refractivity contribution in [2.45, 2.75) is 39.5 Å². The molecule has 0 radical (unpaired) electrons. The molecular formula is C14H27NO3. The molecule has 0 amide bonds. The topological polar surface area (TPSA) is 49.8 Å². The maximum Gasteiger partial charge on any atom is 0.303 e. The Labute approximate surface area is 110 Å². The molecule has 1 aliphatic rings. The van der Waals surface area contributed by atoms with Crippen molar-refractivity contribution in [2.24, 2.45) is 11.8 Å². The molecular weight excluding hydrogens is 230 g/mol. The molecule has 2 unspecified atom stereocenters. The van der Waals surface area contributed by atoms with Gasteiger partial charge in [0.15, 0.2) is 0 Å². The zero-order valence-electron chi connectivity index (χ0n) is 11.7. The molecule has 18 heavy (non-hydrogen) atoms. The van der Waals surface area contributed by atoms with E-state index >= 15 is 0 Å². The molecule has 0 saturated carbocycles. The van der Waals surface area contributed by atoms with Crippen LogP contribution in [0, 0.1) is 11.8 Å². The second kappa shape index (κ2) is 8.48. The number of nitrogens with zero attached hydrogens (tertiary/aromatic N) is 1. The van der Waals surface area contributed by atoms with Gasteiger partial charge in [-0.25, -0.2) is 0 Å². The lowest BCUT2D eigenvalue weighted by atomic mass is 9.84. The van der Waals surface area contributed by atoms with Gasteiger partial charge in [-0.15, -0.1) is 0 Å². The van der Waals surface area contributed by atoms with Gasteiger partial charge >= 0.3 is 5.97 Å². The minimum atomic E-state index is -0.670. The van der Waals surface area contributed by atoms with Gasteiger partial charge in [0, 0.05) is 32.7 Å². The van der Waals surface area contributed by atoms with Crippen LogP contribution in [0.1, 0.15) is 39.5 Å². The average molecular weight is 257 g/mol. The number of carbonyl (C=O) groups is 1. The summed E-state index contributed by atoms with van der Waals surface area (Å²) in [6.45, 7) is 9.01. The number of carboxylic acids is 1. The van der Waals surface area contributed by atoms with Crippen LogP contribution < -0.4 is 0 Å². The normalized spacial score (nSPS) is 22.9. The van der Waals surface area contributed by atoms with Crippen LogP contribution in [0.25, 0.3) is 0 Å². The van der Waals surface area contributed by atoms with Crippen LogP contribution in [0.2, 0.25) is 0 Å². The zero-order valence-corrected chi connectivity index (χ0v) is 11.7. The van der Waals surface area contributed by atoms with Crippen molar-refractivity contribution in [1.29, 1.82) is 0 Å². The first kappa shape index (κ1) is 15.4. The predicted octanol–water partition coefficient (Wildman–Crippen LogP) is 2.24. The highest BCUT2D eigenvalue weighted by molar-refractivity contribution is 5.66. The van der Waals surface area contributed by atoms with E-state index in [1.807, 2.05) is 6.92 Å². The highest BCUT2D eigenvalue weighted by Gasteiger charge is 2.25. The Kier molecular flexibility index (Phi) is 7.28. The van der Waals surface area contributed by atoms with E-state index in [1.165, 1.54) is 12.8 Å². The molecule has 1 fully saturated rings. The van der Waals surface area contributed by atoms with Gasteiger partial charge in [-0.3, -0.25) is 4.79 Å². The second-order valence-corrected chi connectivity index (χ2v) is 5.33. The van der Waals surface area contributed by atoms with Crippen molar-refractivity contribution in [3.63, 3.8) is 0 Å². The summed E-state index contributed by atoms with van der Waals surface area (Å²) in [5, 5.41) is 8.85. The lowest BCUT2D eigenvalue weighted by Crippen LogP contribution is -2.39. The minimum absolute atomic E-state index is 0.289. The fraction of sp³-hybridized carbons (Fsp3) is 0.929. The third-order valence-corrected chi connectivity index (χ3v) is 3.81. The minimum Gasteiger partial charge on any atom is -0.481 e. The van der Waals surface area contributed by atoms with E-state index in [4.69, 9.17) is 9.84 Å². The van der Waals surface area contributed by atoms with E-state index in [0.717, 1.165) is 39.3 Å². The highest BCUT2D eigenvalue weighted by Crippen LogP contribution is 2.26. The molecule has 0 aromatic heterocycles. The Hall–Kier alpha value is -0.610. The maximum absolute atomic E-state index is 10.7. The number of hydrogen-bond acceptors (Lipinski definition) is 3. The van der Waals surface area contributed by atoms with Gasteiger partial charge in [0.2, 0.25) is 0 Å². The Balaban J connectivity index is 2.25. The highest BCUT2D eigenvalue weighted by atomic mass is 16.5. The summed E-state index contributed by atoms with van der Waals surface area (Å²) < 4.78 is 5.35. The molecule has 1 heterocycles. The summed E-state index contributed by atoms with van der Waals surface area (Å²) in [6, 6.07) is 0. The number of aliphatic carboxylic acids is 1. The summed E-state index contributed by atoms with van der Waals surface area (Å²) in [7, 11) is 0. The molecule has 0 spiro atoms. The van der Waals surface area contributed by atoms with E-state index in [0.29, 0.717) is 12.3 Å². The van der Waals surface area contributed by atoms with Crippen LogP contribution in [0.15, 0.2) is 0 Å². The van der Waals surface area contributed by atoms with Crippen LogP contribution >= 0.6 is 0 Å². The Morgan fingerprint density at radius 2 is 2.33 bits per heavy atom. The first-order valence-corrected chi connectivity index (χ1v) is 7.15. The van der Waals surface area contributed by atoms with E-state index < -0.39 is 5.97 Å². The molecule has 1 rings (SSSR count).